The number of anilines is 1. The average Bonchev–Trinajstić information content (AvgIpc) is 3.35. The lowest BCUT2D eigenvalue weighted by molar-refractivity contribution is -0.384. The van der Waals surface area contributed by atoms with Crippen LogP contribution in [0.15, 0.2) is 63.3 Å². The summed E-state index contributed by atoms with van der Waals surface area (Å²) in [5.74, 6) is -0.502. The number of carbonyl (C=O) groups is 1. The van der Waals surface area contributed by atoms with Gasteiger partial charge in [-0.05, 0) is 36.8 Å². The first-order valence-corrected chi connectivity index (χ1v) is 9.88. The summed E-state index contributed by atoms with van der Waals surface area (Å²) in [6.45, 7) is 1.87. The van der Waals surface area contributed by atoms with Crippen molar-refractivity contribution in [3.8, 4) is 0 Å². The van der Waals surface area contributed by atoms with E-state index in [-0.39, 0.29) is 22.4 Å². The van der Waals surface area contributed by atoms with Gasteiger partial charge in [-0.1, -0.05) is 11.6 Å². The number of fused-ring (bicyclic) bond motifs is 2. The van der Waals surface area contributed by atoms with Gasteiger partial charge in [-0.15, -0.1) is 11.3 Å². The first kappa shape index (κ1) is 18.2. The molecule has 1 atom stereocenters. The van der Waals surface area contributed by atoms with Crippen molar-refractivity contribution < 1.29 is 14.1 Å². The van der Waals surface area contributed by atoms with E-state index < -0.39 is 16.9 Å². The summed E-state index contributed by atoms with van der Waals surface area (Å²) in [7, 11) is 0. The maximum Gasteiger partial charge on any atom is 0.297 e. The third-order valence-electron chi connectivity index (χ3n) is 5.07. The van der Waals surface area contributed by atoms with Crippen LogP contribution in [-0.2, 0) is 0 Å². The van der Waals surface area contributed by atoms with Crippen molar-refractivity contribution in [1.82, 2.24) is 4.98 Å². The normalized spacial score (nSPS) is 15.6. The van der Waals surface area contributed by atoms with Crippen molar-refractivity contribution in [3.05, 3.63) is 96.8 Å². The molecule has 1 aliphatic heterocycles. The Kier molecular flexibility index (Phi) is 4.00. The van der Waals surface area contributed by atoms with E-state index >= 15 is 0 Å². The number of nitro benzene ring substituents is 1. The molecular formula is C21H13N3O5S. The SMILES string of the molecule is Cc1ccc2oc3c(c(=O)c2c1)[C@@H](c1ccc([N+](=O)[O-])cc1)N(c1nccs1)C3=O. The minimum absolute atomic E-state index is 0.0325. The van der Waals surface area contributed by atoms with E-state index in [9.17, 15) is 19.7 Å². The van der Waals surface area contributed by atoms with E-state index in [1.165, 1.54) is 28.4 Å². The lowest BCUT2D eigenvalue weighted by atomic mass is 9.98. The standard InChI is InChI=1S/C21H13N3O5S/c1-11-2-7-15-14(10-11)18(25)16-17(12-3-5-13(6-4-12)24(27)28)23(20(26)19(16)29-15)21-22-8-9-30-21/h2-10,17H,1H3/t17-/m1/s1. The predicted molar refractivity (Wildman–Crippen MR) is 111 cm³/mol. The summed E-state index contributed by atoms with van der Waals surface area (Å²) in [6.07, 6.45) is 1.57. The lowest BCUT2D eigenvalue weighted by Gasteiger charge is -2.22. The van der Waals surface area contributed by atoms with Crippen molar-refractivity contribution >= 4 is 39.0 Å². The Balaban J connectivity index is 1.79. The first-order chi connectivity index (χ1) is 14.5. The molecule has 2 aromatic carbocycles. The molecule has 1 amide bonds. The molecule has 0 saturated heterocycles. The van der Waals surface area contributed by atoms with Crippen molar-refractivity contribution in [1.29, 1.82) is 0 Å². The summed E-state index contributed by atoms with van der Waals surface area (Å²) < 4.78 is 5.87. The zero-order valence-electron chi connectivity index (χ0n) is 15.6. The van der Waals surface area contributed by atoms with Crippen LogP contribution in [0.25, 0.3) is 11.0 Å². The topological polar surface area (TPSA) is 107 Å². The number of hydrogen-bond acceptors (Lipinski definition) is 7. The second-order valence-electron chi connectivity index (χ2n) is 6.91. The third kappa shape index (κ3) is 2.63. The van der Waals surface area contributed by atoms with Crippen LogP contribution in [0.1, 0.15) is 33.3 Å². The van der Waals surface area contributed by atoms with Crippen molar-refractivity contribution in [2.24, 2.45) is 0 Å². The largest absolute Gasteiger partial charge is 0.450 e. The Hall–Kier alpha value is -3.85. The van der Waals surface area contributed by atoms with Gasteiger partial charge < -0.3 is 4.42 Å². The summed E-state index contributed by atoms with van der Waals surface area (Å²) in [5.41, 5.74) is 1.62. The molecule has 9 heteroatoms. The predicted octanol–water partition coefficient (Wildman–Crippen LogP) is 4.22. The van der Waals surface area contributed by atoms with Gasteiger partial charge in [0.05, 0.1) is 21.9 Å². The molecule has 0 fully saturated rings. The Morgan fingerprint density at radius 2 is 1.93 bits per heavy atom. The quantitative estimate of drug-likeness (QED) is 0.364. The molecule has 0 saturated carbocycles. The molecule has 0 radical (unpaired) electrons. The van der Waals surface area contributed by atoms with E-state index in [1.54, 1.807) is 35.8 Å². The summed E-state index contributed by atoms with van der Waals surface area (Å²) in [5, 5.41) is 13.6. The number of benzene rings is 2. The van der Waals surface area contributed by atoms with Gasteiger partial charge in [0.1, 0.15) is 5.58 Å². The molecule has 1 aliphatic rings. The Morgan fingerprint density at radius 3 is 2.60 bits per heavy atom. The molecule has 30 heavy (non-hydrogen) atoms. The van der Waals surface area contributed by atoms with E-state index in [2.05, 4.69) is 4.98 Å². The minimum Gasteiger partial charge on any atom is -0.450 e. The second kappa shape index (κ2) is 6.60. The number of carbonyl (C=O) groups excluding carboxylic acids is 1. The summed E-state index contributed by atoms with van der Waals surface area (Å²) in [4.78, 5) is 42.9. The summed E-state index contributed by atoms with van der Waals surface area (Å²) >= 11 is 1.26. The molecule has 0 N–H and O–H groups in total. The molecule has 0 aliphatic carbocycles. The van der Waals surface area contributed by atoms with Crippen LogP contribution < -0.4 is 10.3 Å². The number of nitro groups is 1. The van der Waals surface area contributed by atoms with E-state index in [4.69, 9.17) is 4.42 Å². The lowest BCUT2D eigenvalue weighted by Crippen LogP contribution is -2.29. The first-order valence-electron chi connectivity index (χ1n) is 9.00. The zero-order chi connectivity index (χ0) is 21.0. The highest BCUT2D eigenvalue weighted by Gasteiger charge is 2.44. The van der Waals surface area contributed by atoms with Crippen LogP contribution in [0.2, 0.25) is 0 Å². The van der Waals surface area contributed by atoms with Crippen LogP contribution in [0, 0.1) is 17.0 Å². The number of aryl methyl sites for hydroxylation is 1. The molecule has 8 nitrogen and oxygen atoms in total. The van der Waals surface area contributed by atoms with Gasteiger partial charge >= 0.3 is 0 Å². The van der Waals surface area contributed by atoms with Gasteiger partial charge in [0, 0.05) is 23.7 Å². The van der Waals surface area contributed by atoms with E-state index in [0.717, 1.165) is 5.56 Å². The highest BCUT2D eigenvalue weighted by atomic mass is 32.1. The van der Waals surface area contributed by atoms with E-state index in [0.29, 0.717) is 21.7 Å². The van der Waals surface area contributed by atoms with Gasteiger partial charge in [0.2, 0.25) is 5.76 Å². The monoisotopic (exact) mass is 419 g/mol. The highest BCUT2D eigenvalue weighted by molar-refractivity contribution is 7.13. The molecular weight excluding hydrogens is 406 g/mol. The molecule has 5 rings (SSSR count). The van der Waals surface area contributed by atoms with Gasteiger partial charge in [0.25, 0.3) is 11.6 Å². The van der Waals surface area contributed by atoms with Gasteiger partial charge in [0.15, 0.2) is 10.6 Å². The molecule has 148 valence electrons. The fraction of sp³-hybridized carbons (Fsp3) is 0.0952. The number of thiazole rings is 1. The molecule has 0 unspecified atom stereocenters. The third-order valence-corrected chi connectivity index (χ3v) is 5.84. The second-order valence-corrected chi connectivity index (χ2v) is 7.79. The molecule has 0 bridgehead atoms. The number of non-ortho nitro benzene ring substituents is 1. The Morgan fingerprint density at radius 1 is 1.17 bits per heavy atom. The van der Waals surface area contributed by atoms with Crippen molar-refractivity contribution in [2.45, 2.75) is 13.0 Å². The number of aromatic nitrogens is 1. The van der Waals surface area contributed by atoms with Crippen LogP contribution in [0.5, 0.6) is 0 Å². The highest BCUT2D eigenvalue weighted by Crippen LogP contribution is 2.42. The van der Waals surface area contributed by atoms with Crippen LogP contribution >= 0.6 is 11.3 Å². The smallest absolute Gasteiger partial charge is 0.297 e. The number of amides is 1. The average molecular weight is 419 g/mol. The fourth-order valence-electron chi connectivity index (χ4n) is 3.71. The Labute approximate surface area is 173 Å². The van der Waals surface area contributed by atoms with Gasteiger partial charge in [-0.25, -0.2) is 4.98 Å². The van der Waals surface area contributed by atoms with Crippen molar-refractivity contribution in [2.75, 3.05) is 4.90 Å². The number of nitrogens with zero attached hydrogens (tertiary/aromatic N) is 3. The van der Waals surface area contributed by atoms with Crippen LogP contribution in [-0.4, -0.2) is 15.8 Å². The zero-order valence-corrected chi connectivity index (χ0v) is 16.4. The number of hydrogen-bond donors (Lipinski definition) is 0. The van der Waals surface area contributed by atoms with Gasteiger partial charge in [-0.3, -0.25) is 24.6 Å². The molecule has 0 spiro atoms. The van der Waals surface area contributed by atoms with E-state index in [1.807, 2.05) is 13.0 Å². The fourth-order valence-corrected chi connectivity index (χ4v) is 4.38. The van der Waals surface area contributed by atoms with Crippen LogP contribution in [0.3, 0.4) is 0 Å². The molecule has 3 heterocycles. The molecule has 2 aromatic heterocycles. The number of rotatable bonds is 3. The molecule has 4 aromatic rings. The summed E-state index contributed by atoms with van der Waals surface area (Å²) in [6, 6.07) is 10.2. The Bertz CT molecular complexity index is 1380. The van der Waals surface area contributed by atoms with Gasteiger partial charge in [-0.2, -0.15) is 0 Å². The minimum atomic E-state index is -0.791. The van der Waals surface area contributed by atoms with Crippen molar-refractivity contribution in [3.63, 3.8) is 0 Å². The van der Waals surface area contributed by atoms with Crippen LogP contribution in [0.4, 0.5) is 10.8 Å². The maximum atomic E-state index is 13.4. The maximum absolute atomic E-state index is 13.4.